The molecule has 2 heterocycles. The summed E-state index contributed by atoms with van der Waals surface area (Å²) >= 11 is 0. The molecule has 1 aromatic rings. The van der Waals surface area contributed by atoms with Crippen molar-refractivity contribution in [1.82, 2.24) is 20.4 Å². The highest BCUT2D eigenvalue weighted by Crippen LogP contribution is 2.25. The molecule has 0 aliphatic carbocycles. The van der Waals surface area contributed by atoms with Crippen molar-refractivity contribution in [2.45, 2.75) is 58.7 Å². The van der Waals surface area contributed by atoms with Crippen molar-refractivity contribution in [1.29, 1.82) is 0 Å². The first-order valence-corrected chi connectivity index (χ1v) is 11.0. The van der Waals surface area contributed by atoms with Gasteiger partial charge in [0.2, 0.25) is 5.91 Å². The molecule has 9 nitrogen and oxygen atoms in total. The Morgan fingerprint density at radius 2 is 1.88 bits per heavy atom. The second-order valence-corrected chi connectivity index (χ2v) is 9.40. The van der Waals surface area contributed by atoms with Gasteiger partial charge in [-0.05, 0) is 57.2 Å². The van der Waals surface area contributed by atoms with E-state index >= 15 is 0 Å². The molecule has 2 aliphatic heterocycles. The van der Waals surface area contributed by atoms with Crippen molar-refractivity contribution < 1.29 is 23.9 Å². The van der Waals surface area contributed by atoms with Gasteiger partial charge in [0.25, 0.3) is 5.91 Å². The summed E-state index contributed by atoms with van der Waals surface area (Å²) in [5.41, 5.74) is 0.712. The third-order valence-electron chi connectivity index (χ3n) is 5.71. The molecule has 2 saturated heterocycles. The van der Waals surface area contributed by atoms with Gasteiger partial charge in [-0.2, -0.15) is 0 Å². The van der Waals surface area contributed by atoms with Crippen molar-refractivity contribution in [2.75, 3.05) is 19.6 Å². The number of amides is 5. The molecule has 0 bridgehead atoms. The van der Waals surface area contributed by atoms with Crippen LogP contribution in [0.3, 0.4) is 0 Å². The lowest BCUT2D eigenvalue weighted by molar-refractivity contribution is -0.125. The fourth-order valence-corrected chi connectivity index (χ4v) is 4.03. The first-order valence-electron chi connectivity index (χ1n) is 11.0. The van der Waals surface area contributed by atoms with E-state index in [4.69, 9.17) is 4.74 Å². The molecule has 2 unspecified atom stereocenters. The van der Waals surface area contributed by atoms with E-state index < -0.39 is 17.7 Å². The predicted molar refractivity (Wildman–Crippen MR) is 118 cm³/mol. The maximum Gasteiger partial charge on any atom is 0.407 e. The van der Waals surface area contributed by atoms with Crippen molar-refractivity contribution >= 4 is 23.9 Å². The Labute approximate surface area is 188 Å². The van der Waals surface area contributed by atoms with Crippen LogP contribution in [0.2, 0.25) is 0 Å². The first-order chi connectivity index (χ1) is 15.0. The molecule has 174 valence electrons. The lowest BCUT2D eigenvalue weighted by Crippen LogP contribution is -2.53. The number of benzene rings is 1. The Morgan fingerprint density at radius 1 is 1.19 bits per heavy atom. The molecular weight excluding hydrogens is 412 g/mol. The third-order valence-corrected chi connectivity index (χ3v) is 5.71. The summed E-state index contributed by atoms with van der Waals surface area (Å²) in [5.74, 6) is -0.131. The quantitative estimate of drug-likeness (QED) is 0.679. The molecule has 3 rings (SSSR count). The Balaban J connectivity index is 1.65. The second kappa shape index (κ2) is 9.58. The summed E-state index contributed by atoms with van der Waals surface area (Å²) in [5, 5.41) is 5.29. The minimum atomic E-state index is -0.583. The van der Waals surface area contributed by atoms with Crippen LogP contribution in [-0.2, 0) is 16.1 Å². The van der Waals surface area contributed by atoms with Gasteiger partial charge >= 0.3 is 12.1 Å². The number of rotatable bonds is 5. The van der Waals surface area contributed by atoms with Gasteiger partial charge in [0.15, 0.2) is 0 Å². The van der Waals surface area contributed by atoms with Crippen molar-refractivity contribution in [3.05, 3.63) is 35.4 Å². The topological polar surface area (TPSA) is 108 Å². The smallest absolute Gasteiger partial charge is 0.407 e. The number of urea groups is 1. The number of alkyl carbamates (subject to hydrolysis) is 1. The zero-order valence-electron chi connectivity index (χ0n) is 19.1. The predicted octanol–water partition coefficient (Wildman–Crippen LogP) is 2.50. The first kappa shape index (κ1) is 23.6. The number of ether oxygens (including phenoxy) is 1. The van der Waals surface area contributed by atoms with Crippen LogP contribution >= 0.6 is 0 Å². The van der Waals surface area contributed by atoms with Crippen LogP contribution in [0.1, 0.15) is 56.5 Å². The van der Waals surface area contributed by atoms with Crippen LogP contribution in [-0.4, -0.2) is 65.0 Å². The molecule has 2 aliphatic rings. The number of carbonyl (C=O) groups is 4. The summed E-state index contributed by atoms with van der Waals surface area (Å²) < 4.78 is 5.32. The number of nitrogens with one attached hydrogen (secondary N) is 2. The Bertz CT molecular complexity index is 861. The highest BCUT2D eigenvalue weighted by molar-refractivity contribution is 6.01. The van der Waals surface area contributed by atoms with Crippen LogP contribution in [0.4, 0.5) is 9.59 Å². The van der Waals surface area contributed by atoms with Gasteiger partial charge in [-0.15, -0.1) is 0 Å². The number of hydrogen-bond acceptors (Lipinski definition) is 5. The lowest BCUT2D eigenvalue weighted by Gasteiger charge is -2.40. The molecule has 0 radical (unpaired) electrons. The van der Waals surface area contributed by atoms with Crippen LogP contribution in [0.25, 0.3) is 0 Å². The average Bonchev–Trinajstić information content (AvgIpc) is 3.03. The number of likely N-dealkylation sites (tertiary alicyclic amines) is 1. The Hall–Kier alpha value is -3.10. The summed E-state index contributed by atoms with van der Waals surface area (Å²) in [7, 11) is 0. The van der Waals surface area contributed by atoms with Crippen LogP contribution in [0.5, 0.6) is 0 Å². The van der Waals surface area contributed by atoms with Gasteiger partial charge in [0.1, 0.15) is 5.60 Å². The maximum atomic E-state index is 13.2. The fraction of sp³-hybridized carbons (Fsp3) is 0.565. The zero-order chi connectivity index (χ0) is 23.5. The average molecular weight is 445 g/mol. The maximum absolute atomic E-state index is 13.2. The minimum Gasteiger partial charge on any atom is -0.444 e. The normalized spacial score (nSPS) is 21.4. The number of hydrogen-bond donors (Lipinski definition) is 2. The van der Waals surface area contributed by atoms with Crippen LogP contribution < -0.4 is 10.6 Å². The molecule has 2 N–H and O–H groups in total. The third kappa shape index (κ3) is 5.77. The largest absolute Gasteiger partial charge is 0.444 e. The Morgan fingerprint density at radius 3 is 2.47 bits per heavy atom. The summed E-state index contributed by atoms with van der Waals surface area (Å²) in [6.45, 7) is 8.63. The number of piperidine rings is 1. The number of carbonyl (C=O) groups excluding carboxylic acids is 4. The van der Waals surface area contributed by atoms with E-state index in [2.05, 4.69) is 17.6 Å². The SMILES string of the molecule is CC1CCCN(C(=O)c2ccc(CN3C(=O)CNC3=O)cc2)C1CNC(=O)OC(C)(C)C. The molecule has 9 heteroatoms. The molecule has 2 fully saturated rings. The molecule has 0 aromatic heterocycles. The Kier molecular flexibility index (Phi) is 7.06. The van der Waals surface area contributed by atoms with Crippen LogP contribution in [0, 0.1) is 5.92 Å². The standard InChI is InChI=1S/C23H32N4O5/c1-15-6-5-11-26(18(15)12-25-22(31)32-23(2,3)4)20(29)17-9-7-16(8-10-17)14-27-19(28)13-24-21(27)30/h7-10,15,18H,5-6,11-14H2,1-4H3,(H,24,30)(H,25,31). The van der Waals surface area contributed by atoms with Gasteiger partial charge in [-0.3, -0.25) is 14.5 Å². The van der Waals surface area contributed by atoms with E-state index in [-0.39, 0.29) is 36.9 Å². The molecule has 5 amide bonds. The molecule has 1 aromatic carbocycles. The van der Waals surface area contributed by atoms with E-state index in [1.165, 1.54) is 0 Å². The summed E-state index contributed by atoms with van der Waals surface area (Å²) in [4.78, 5) is 51.8. The highest BCUT2D eigenvalue weighted by atomic mass is 16.6. The van der Waals surface area contributed by atoms with Gasteiger partial charge < -0.3 is 20.3 Å². The number of imide groups is 1. The van der Waals surface area contributed by atoms with Gasteiger partial charge in [0, 0.05) is 18.7 Å². The van der Waals surface area contributed by atoms with Crippen molar-refractivity contribution in [3.63, 3.8) is 0 Å². The van der Waals surface area contributed by atoms with E-state index in [1.54, 1.807) is 45.0 Å². The fourth-order valence-electron chi connectivity index (χ4n) is 4.03. The zero-order valence-corrected chi connectivity index (χ0v) is 19.1. The second-order valence-electron chi connectivity index (χ2n) is 9.40. The van der Waals surface area contributed by atoms with E-state index in [1.807, 2.05) is 4.90 Å². The van der Waals surface area contributed by atoms with Crippen molar-refractivity contribution in [2.24, 2.45) is 5.92 Å². The van der Waals surface area contributed by atoms with Gasteiger partial charge in [-0.1, -0.05) is 19.1 Å². The molecular formula is C23H32N4O5. The summed E-state index contributed by atoms with van der Waals surface area (Å²) in [6.07, 6.45) is 1.39. The molecule has 2 atom stereocenters. The van der Waals surface area contributed by atoms with Crippen molar-refractivity contribution in [3.8, 4) is 0 Å². The van der Waals surface area contributed by atoms with Crippen LogP contribution in [0.15, 0.2) is 24.3 Å². The van der Waals surface area contributed by atoms with E-state index in [0.29, 0.717) is 18.7 Å². The highest BCUT2D eigenvalue weighted by Gasteiger charge is 2.33. The molecule has 32 heavy (non-hydrogen) atoms. The van der Waals surface area contributed by atoms with E-state index in [0.717, 1.165) is 23.3 Å². The lowest BCUT2D eigenvalue weighted by atomic mass is 9.90. The molecule has 0 saturated carbocycles. The molecule has 0 spiro atoms. The van der Waals surface area contributed by atoms with Gasteiger partial charge in [-0.25, -0.2) is 9.59 Å². The number of nitrogens with zero attached hydrogens (tertiary/aromatic N) is 2. The monoisotopic (exact) mass is 444 g/mol. The van der Waals surface area contributed by atoms with Gasteiger partial charge in [0.05, 0.1) is 19.1 Å². The van der Waals surface area contributed by atoms with E-state index in [9.17, 15) is 19.2 Å². The minimum absolute atomic E-state index is 0.0151. The summed E-state index contributed by atoms with van der Waals surface area (Å²) in [6, 6.07) is 6.41.